The van der Waals surface area contributed by atoms with Gasteiger partial charge in [-0.15, -0.1) is 11.6 Å². The summed E-state index contributed by atoms with van der Waals surface area (Å²) in [5, 5.41) is 20.7. The second kappa shape index (κ2) is 6.18. The molecule has 1 aromatic heterocycles. The SMILES string of the molecule is O=[N+]([O-])c1c(N2CCOCC2)ncn1C[C@H](O)CCl. The van der Waals surface area contributed by atoms with Crippen LogP contribution < -0.4 is 4.90 Å². The second-order valence-corrected chi connectivity index (χ2v) is 4.52. The van der Waals surface area contributed by atoms with Gasteiger partial charge in [-0.3, -0.25) is 0 Å². The molecule has 1 aromatic rings. The van der Waals surface area contributed by atoms with E-state index in [4.69, 9.17) is 16.3 Å². The molecular formula is C10H15ClN4O4. The van der Waals surface area contributed by atoms with Crippen LogP contribution in [0.3, 0.4) is 0 Å². The van der Waals surface area contributed by atoms with Crippen molar-refractivity contribution in [2.24, 2.45) is 0 Å². The monoisotopic (exact) mass is 290 g/mol. The predicted molar refractivity (Wildman–Crippen MR) is 68.6 cm³/mol. The number of hydrogen-bond acceptors (Lipinski definition) is 6. The first kappa shape index (κ1) is 14.0. The number of halogens is 1. The smallest absolute Gasteiger partial charge is 0.367 e. The van der Waals surface area contributed by atoms with Gasteiger partial charge in [0.2, 0.25) is 5.82 Å². The molecule has 1 fully saturated rings. The lowest BCUT2D eigenvalue weighted by Crippen LogP contribution is -2.36. The van der Waals surface area contributed by atoms with Crippen molar-refractivity contribution in [3.8, 4) is 0 Å². The average molecular weight is 291 g/mol. The molecule has 106 valence electrons. The lowest BCUT2D eigenvalue weighted by molar-refractivity contribution is -0.391. The zero-order valence-corrected chi connectivity index (χ0v) is 11.0. The Bertz CT molecular complexity index is 447. The number of aliphatic hydroxyl groups is 1. The standard InChI is InChI=1S/C10H15ClN4O4/c11-5-8(16)6-14-7-12-9(10(14)15(17)18)13-1-3-19-4-2-13/h7-8,16H,1-6H2/t8-/m1/s1. The second-order valence-electron chi connectivity index (χ2n) is 4.21. The average Bonchev–Trinajstić information content (AvgIpc) is 2.83. The van der Waals surface area contributed by atoms with E-state index in [0.717, 1.165) is 0 Å². The highest BCUT2D eigenvalue weighted by Crippen LogP contribution is 2.27. The van der Waals surface area contributed by atoms with Crippen LogP contribution in [0.1, 0.15) is 0 Å². The van der Waals surface area contributed by atoms with Crippen molar-refractivity contribution in [2.75, 3.05) is 37.1 Å². The number of ether oxygens (including phenoxy) is 1. The maximum absolute atomic E-state index is 11.2. The molecule has 2 heterocycles. The van der Waals surface area contributed by atoms with Gasteiger partial charge in [-0.2, -0.15) is 4.98 Å². The first-order valence-electron chi connectivity index (χ1n) is 5.89. The highest BCUT2D eigenvalue weighted by Gasteiger charge is 2.28. The van der Waals surface area contributed by atoms with E-state index in [1.54, 1.807) is 0 Å². The molecule has 9 heteroatoms. The van der Waals surface area contributed by atoms with Gasteiger partial charge in [0, 0.05) is 13.1 Å². The molecule has 0 amide bonds. The Morgan fingerprint density at radius 2 is 2.26 bits per heavy atom. The fourth-order valence-electron chi connectivity index (χ4n) is 1.96. The van der Waals surface area contributed by atoms with Gasteiger partial charge in [-0.1, -0.05) is 0 Å². The van der Waals surface area contributed by atoms with Gasteiger partial charge < -0.3 is 24.9 Å². The first-order valence-corrected chi connectivity index (χ1v) is 6.43. The number of aromatic nitrogens is 2. The van der Waals surface area contributed by atoms with E-state index < -0.39 is 11.0 Å². The summed E-state index contributed by atoms with van der Waals surface area (Å²) in [7, 11) is 0. The zero-order chi connectivity index (χ0) is 13.8. The number of alkyl halides is 1. The highest BCUT2D eigenvalue weighted by molar-refractivity contribution is 6.18. The summed E-state index contributed by atoms with van der Waals surface area (Å²) < 4.78 is 6.52. The first-order chi connectivity index (χ1) is 9.13. The molecular weight excluding hydrogens is 276 g/mol. The predicted octanol–water partition coefficient (Wildman–Crippen LogP) is 0.228. The van der Waals surface area contributed by atoms with Crippen molar-refractivity contribution >= 4 is 23.2 Å². The number of imidazole rings is 1. The molecule has 1 atom stereocenters. The maximum atomic E-state index is 11.2. The van der Waals surface area contributed by atoms with Crippen LogP contribution in [-0.2, 0) is 11.3 Å². The minimum absolute atomic E-state index is 0.0161. The third-order valence-electron chi connectivity index (χ3n) is 2.86. The third-order valence-corrected chi connectivity index (χ3v) is 3.22. The molecule has 2 rings (SSSR count). The Kier molecular flexibility index (Phi) is 4.56. The minimum Gasteiger partial charge on any atom is -0.388 e. The molecule has 1 saturated heterocycles. The van der Waals surface area contributed by atoms with E-state index >= 15 is 0 Å². The number of nitro groups is 1. The van der Waals surface area contributed by atoms with E-state index in [1.807, 2.05) is 4.90 Å². The Balaban J connectivity index is 2.25. The van der Waals surface area contributed by atoms with E-state index in [-0.39, 0.29) is 18.2 Å². The number of aliphatic hydroxyl groups excluding tert-OH is 1. The van der Waals surface area contributed by atoms with Crippen LogP contribution in [0.5, 0.6) is 0 Å². The van der Waals surface area contributed by atoms with Crippen LogP contribution in [-0.4, -0.2) is 57.9 Å². The molecule has 1 N–H and O–H groups in total. The van der Waals surface area contributed by atoms with E-state index in [0.29, 0.717) is 32.1 Å². The Morgan fingerprint density at radius 3 is 2.84 bits per heavy atom. The van der Waals surface area contributed by atoms with Gasteiger partial charge in [0.1, 0.15) is 12.6 Å². The summed E-state index contributed by atoms with van der Waals surface area (Å²) in [4.78, 5) is 16.6. The molecule has 0 aromatic carbocycles. The lowest BCUT2D eigenvalue weighted by Gasteiger charge is -2.26. The Hall–Kier alpha value is -1.38. The van der Waals surface area contributed by atoms with Crippen molar-refractivity contribution in [2.45, 2.75) is 12.6 Å². The van der Waals surface area contributed by atoms with Gasteiger partial charge in [-0.05, 0) is 4.92 Å². The summed E-state index contributed by atoms with van der Waals surface area (Å²) in [6.45, 7) is 2.23. The lowest BCUT2D eigenvalue weighted by atomic mass is 10.4. The summed E-state index contributed by atoms with van der Waals surface area (Å²) in [5.74, 6) is 0.212. The number of nitrogens with zero attached hydrogens (tertiary/aromatic N) is 4. The van der Waals surface area contributed by atoms with E-state index in [1.165, 1.54) is 10.9 Å². The normalized spacial score (nSPS) is 17.5. The summed E-state index contributed by atoms with van der Waals surface area (Å²) in [5.41, 5.74) is 0. The zero-order valence-electron chi connectivity index (χ0n) is 10.2. The Labute approximate surface area is 114 Å². The van der Waals surface area contributed by atoms with Crippen molar-refractivity contribution < 1.29 is 14.8 Å². The molecule has 1 aliphatic rings. The molecule has 0 aliphatic carbocycles. The fraction of sp³-hybridized carbons (Fsp3) is 0.700. The Morgan fingerprint density at radius 1 is 1.58 bits per heavy atom. The van der Waals surface area contributed by atoms with Crippen molar-refractivity contribution in [1.29, 1.82) is 0 Å². The molecule has 1 aliphatic heterocycles. The van der Waals surface area contributed by atoms with E-state index in [2.05, 4.69) is 4.98 Å². The maximum Gasteiger partial charge on any atom is 0.367 e. The van der Waals surface area contributed by atoms with Crippen LogP contribution in [0.4, 0.5) is 11.6 Å². The number of rotatable bonds is 5. The number of anilines is 1. The van der Waals surface area contributed by atoms with Gasteiger partial charge in [0.25, 0.3) is 0 Å². The van der Waals surface area contributed by atoms with Crippen molar-refractivity contribution in [1.82, 2.24) is 9.55 Å². The quantitative estimate of drug-likeness (QED) is 0.474. The van der Waals surface area contributed by atoms with Gasteiger partial charge >= 0.3 is 5.82 Å². The molecule has 0 saturated carbocycles. The molecule has 0 unspecified atom stereocenters. The van der Waals surface area contributed by atoms with Crippen LogP contribution in [0, 0.1) is 10.1 Å². The number of morpholine rings is 1. The van der Waals surface area contributed by atoms with E-state index in [9.17, 15) is 15.2 Å². The topological polar surface area (TPSA) is 93.7 Å². The largest absolute Gasteiger partial charge is 0.388 e. The van der Waals surface area contributed by atoms with Crippen LogP contribution >= 0.6 is 11.6 Å². The highest BCUT2D eigenvalue weighted by atomic mass is 35.5. The van der Waals surface area contributed by atoms with Crippen molar-refractivity contribution in [3.05, 3.63) is 16.4 Å². The minimum atomic E-state index is -0.841. The molecule has 0 radical (unpaired) electrons. The molecule has 19 heavy (non-hydrogen) atoms. The van der Waals surface area contributed by atoms with Crippen molar-refractivity contribution in [3.63, 3.8) is 0 Å². The van der Waals surface area contributed by atoms with Crippen LogP contribution in [0.2, 0.25) is 0 Å². The van der Waals surface area contributed by atoms with Crippen LogP contribution in [0.25, 0.3) is 0 Å². The fourth-order valence-corrected chi connectivity index (χ4v) is 2.06. The molecule has 0 bridgehead atoms. The molecule has 0 spiro atoms. The third kappa shape index (κ3) is 3.14. The van der Waals surface area contributed by atoms with Crippen LogP contribution in [0.15, 0.2) is 6.33 Å². The van der Waals surface area contributed by atoms with Gasteiger partial charge in [-0.25, -0.2) is 4.57 Å². The molecule has 8 nitrogen and oxygen atoms in total. The summed E-state index contributed by atoms with van der Waals surface area (Å²) in [6.07, 6.45) is 0.519. The van der Waals surface area contributed by atoms with Gasteiger partial charge in [0.15, 0.2) is 6.33 Å². The summed E-state index contributed by atoms with van der Waals surface area (Å²) in [6, 6.07) is 0. The van der Waals surface area contributed by atoms with Gasteiger partial charge in [0.05, 0.1) is 19.1 Å². The number of hydrogen-bond donors (Lipinski definition) is 1. The summed E-state index contributed by atoms with van der Waals surface area (Å²) >= 11 is 5.51.